The highest BCUT2D eigenvalue weighted by molar-refractivity contribution is 4.90. The maximum Gasteiger partial charge on any atom is 0.146 e. The van der Waals surface area contributed by atoms with Crippen LogP contribution in [0, 0.1) is 11.8 Å². The van der Waals surface area contributed by atoms with Gasteiger partial charge >= 0.3 is 0 Å². The predicted octanol–water partition coefficient (Wildman–Crippen LogP) is 1.82. The topological polar surface area (TPSA) is 42.7 Å². The third kappa shape index (κ3) is 2.43. The van der Waals surface area contributed by atoms with E-state index in [1.807, 2.05) is 0 Å². The molecule has 4 nitrogen and oxygen atoms in total. The predicted molar refractivity (Wildman–Crippen MR) is 63.9 cm³/mol. The zero-order valence-corrected chi connectivity index (χ0v) is 10.5. The molecule has 2 rings (SSSR count). The van der Waals surface area contributed by atoms with Gasteiger partial charge in [-0.05, 0) is 31.6 Å². The van der Waals surface area contributed by atoms with Gasteiger partial charge in [-0.15, -0.1) is 10.2 Å². The molecule has 1 heterocycles. The molecule has 90 valence electrons. The van der Waals surface area contributed by atoms with Crippen LogP contribution in [0.3, 0.4) is 0 Å². The smallest absolute Gasteiger partial charge is 0.146 e. The molecule has 1 aliphatic rings. The minimum absolute atomic E-state index is 0.689. The Morgan fingerprint density at radius 2 is 2.25 bits per heavy atom. The molecule has 0 saturated heterocycles. The molecule has 1 fully saturated rings. The van der Waals surface area contributed by atoms with Crippen molar-refractivity contribution in [3.63, 3.8) is 0 Å². The van der Waals surface area contributed by atoms with E-state index in [9.17, 15) is 0 Å². The van der Waals surface area contributed by atoms with E-state index < -0.39 is 0 Å². The fraction of sp³-hybridized carbons (Fsp3) is 0.833. The van der Waals surface area contributed by atoms with Crippen LogP contribution in [0.25, 0.3) is 0 Å². The second-order valence-corrected chi connectivity index (χ2v) is 5.09. The minimum atomic E-state index is 0.689. The second kappa shape index (κ2) is 4.95. The molecule has 4 heteroatoms. The highest BCUT2D eigenvalue weighted by Crippen LogP contribution is 2.33. The molecule has 1 saturated carbocycles. The Hall–Kier alpha value is -0.900. The Labute approximate surface area is 97.5 Å². The Morgan fingerprint density at radius 1 is 1.50 bits per heavy atom. The molecule has 0 amide bonds. The first kappa shape index (κ1) is 11.6. The van der Waals surface area contributed by atoms with Crippen LogP contribution in [0.1, 0.15) is 39.4 Å². The quantitative estimate of drug-likeness (QED) is 0.826. The van der Waals surface area contributed by atoms with Crippen LogP contribution < -0.4 is 5.32 Å². The van der Waals surface area contributed by atoms with E-state index in [-0.39, 0.29) is 0 Å². The summed E-state index contributed by atoms with van der Waals surface area (Å²) in [5.41, 5.74) is 0. The molecule has 1 N–H and O–H groups in total. The van der Waals surface area contributed by atoms with Crippen molar-refractivity contribution in [1.82, 2.24) is 20.1 Å². The summed E-state index contributed by atoms with van der Waals surface area (Å²) in [6, 6.07) is 0.689. The SMILES string of the molecule is CCn1cnnc1CNC1CC(C(C)C)C1. The van der Waals surface area contributed by atoms with Crippen LogP contribution in [0.5, 0.6) is 0 Å². The lowest BCUT2D eigenvalue weighted by Crippen LogP contribution is -2.43. The summed E-state index contributed by atoms with van der Waals surface area (Å²) in [4.78, 5) is 0. The lowest BCUT2D eigenvalue weighted by atomic mass is 9.74. The van der Waals surface area contributed by atoms with Crippen LogP contribution in [0.4, 0.5) is 0 Å². The Kier molecular flexibility index (Phi) is 3.59. The minimum Gasteiger partial charge on any atom is -0.317 e. The van der Waals surface area contributed by atoms with Crippen molar-refractivity contribution < 1.29 is 0 Å². The summed E-state index contributed by atoms with van der Waals surface area (Å²) in [6.45, 7) is 8.54. The summed E-state index contributed by atoms with van der Waals surface area (Å²) in [6.07, 6.45) is 4.44. The van der Waals surface area contributed by atoms with Crippen LogP contribution in [-0.4, -0.2) is 20.8 Å². The highest BCUT2D eigenvalue weighted by Gasteiger charge is 2.30. The molecule has 0 aromatic carbocycles. The Balaban J connectivity index is 1.73. The van der Waals surface area contributed by atoms with E-state index >= 15 is 0 Å². The number of nitrogens with one attached hydrogen (secondary N) is 1. The molecule has 0 radical (unpaired) electrons. The number of aryl methyl sites for hydroxylation is 1. The van der Waals surface area contributed by atoms with Gasteiger partial charge in [-0.25, -0.2) is 0 Å². The summed E-state index contributed by atoms with van der Waals surface area (Å²) < 4.78 is 2.09. The largest absolute Gasteiger partial charge is 0.317 e. The molecule has 0 aliphatic heterocycles. The molecular formula is C12H22N4. The average Bonchev–Trinajstić information content (AvgIpc) is 2.62. The monoisotopic (exact) mass is 222 g/mol. The Morgan fingerprint density at radius 3 is 2.88 bits per heavy atom. The molecule has 0 spiro atoms. The lowest BCUT2D eigenvalue weighted by molar-refractivity contribution is 0.166. The van der Waals surface area contributed by atoms with Crippen LogP contribution in [-0.2, 0) is 13.1 Å². The summed E-state index contributed by atoms with van der Waals surface area (Å²) >= 11 is 0. The lowest BCUT2D eigenvalue weighted by Gasteiger charge is -2.38. The van der Waals surface area contributed by atoms with Crippen molar-refractivity contribution >= 4 is 0 Å². The number of hydrogen-bond donors (Lipinski definition) is 1. The second-order valence-electron chi connectivity index (χ2n) is 5.09. The average molecular weight is 222 g/mol. The molecule has 16 heavy (non-hydrogen) atoms. The van der Waals surface area contributed by atoms with Gasteiger partial charge in [0.15, 0.2) is 0 Å². The zero-order valence-electron chi connectivity index (χ0n) is 10.5. The van der Waals surface area contributed by atoms with Gasteiger partial charge in [0.25, 0.3) is 0 Å². The summed E-state index contributed by atoms with van der Waals surface area (Å²) in [7, 11) is 0. The number of aromatic nitrogens is 3. The third-order valence-corrected chi connectivity index (χ3v) is 3.70. The van der Waals surface area contributed by atoms with E-state index in [0.29, 0.717) is 6.04 Å². The molecule has 0 atom stereocenters. The van der Waals surface area contributed by atoms with Gasteiger partial charge in [-0.2, -0.15) is 0 Å². The van der Waals surface area contributed by atoms with Crippen LogP contribution in [0.2, 0.25) is 0 Å². The van der Waals surface area contributed by atoms with Crippen molar-refractivity contribution in [1.29, 1.82) is 0 Å². The van der Waals surface area contributed by atoms with Gasteiger partial charge in [-0.3, -0.25) is 0 Å². The van der Waals surface area contributed by atoms with Crippen molar-refractivity contribution in [2.24, 2.45) is 11.8 Å². The van der Waals surface area contributed by atoms with Crippen molar-refractivity contribution in [2.45, 2.75) is 52.7 Å². The Bertz CT molecular complexity index is 326. The van der Waals surface area contributed by atoms with E-state index in [1.54, 1.807) is 6.33 Å². The standard InChI is InChI=1S/C12H22N4/c1-4-16-8-14-15-12(16)7-13-11-5-10(6-11)9(2)3/h8-11,13H,4-7H2,1-3H3. The number of rotatable bonds is 5. The maximum absolute atomic E-state index is 4.12. The number of hydrogen-bond acceptors (Lipinski definition) is 3. The van der Waals surface area contributed by atoms with E-state index in [0.717, 1.165) is 30.7 Å². The van der Waals surface area contributed by atoms with Gasteiger partial charge in [0, 0.05) is 12.6 Å². The molecule has 1 aliphatic carbocycles. The van der Waals surface area contributed by atoms with Gasteiger partial charge in [0.2, 0.25) is 0 Å². The fourth-order valence-electron chi connectivity index (χ4n) is 2.29. The van der Waals surface area contributed by atoms with E-state index in [2.05, 4.69) is 40.9 Å². The summed E-state index contributed by atoms with van der Waals surface area (Å²) in [5, 5.41) is 11.6. The fourth-order valence-corrected chi connectivity index (χ4v) is 2.29. The molecule has 0 unspecified atom stereocenters. The van der Waals surface area contributed by atoms with Crippen molar-refractivity contribution in [3.05, 3.63) is 12.2 Å². The van der Waals surface area contributed by atoms with Gasteiger partial charge in [-0.1, -0.05) is 13.8 Å². The first-order valence-electron chi connectivity index (χ1n) is 6.30. The van der Waals surface area contributed by atoms with Crippen LogP contribution >= 0.6 is 0 Å². The van der Waals surface area contributed by atoms with Crippen molar-refractivity contribution in [3.8, 4) is 0 Å². The normalized spacial score (nSPS) is 24.8. The van der Waals surface area contributed by atoms with Gasteiger partial charge in [0.05, 0.1) is 6.54 Å². The summed E-state index contributed by atoms with van der Waals surface area (Å²) in [5.74, 6) is 2.80. The maximum atomic E-state index is 4.12. The van der Waals surface area contributed by atoms with Crippen molar-refractivity contribution in [2.75, 3.05) is 0 Å². The third-order valence-electron chi connectivity index (χ3n) is 3.70. The first-order chi connectivity index (χ1) is 7.70. The van der Waals surface area contributed by atoms with E-state index in [1.165, 1.54) is 12.8 Å². The first-order valence-corrected chi connectivity index (χ1v) is 6.30. The molecular weight excluding hydrogens is 200 g/mol. The highest BCUT2D eigenvalue weighted by atomic mass is 15.3. The van der Waals surface area contributed by atoms with Crippen LogP contribution in [0.15, 0.2) is 6.33 Å². The number of nitrogens with zero attached hydrogens (tertiary/aromatic N) is 3. The van der Waals surface area contributed by atoms with Gasteiger partial charge in [0.1, 0.15) is 12.2 Å². The molecule has 0 bridgehead atoms. The molecule has 1 aromatic rings. The zero-order chi connectivity index (χ0) is 11.5. The van der Waals surface area contributed by atoms with Gasteiger partial charge < -0.3 is 9.88 Å². The molecule has 1 aromatic heterocycles. The van der Waals surface area contributed by atoms with E-state index in [4.69, 9.17) is 0 Å².